The summed E-state index contributed by atoms with van der Waals surface area (Å²) in [6.45, 7) is 2.63. The summed E-state index contributed by atoms with van der Waals surface area (Å²) in [6.07, 6.45) is 4.26. The quantitative estimate of drug-likeness (QED) is 0.299. The highest BCUT2D eigenvalue weighted by Gasteiger charge is 2.35. The van der Waals surface area contributed by atoms with E-state index in [2.05, 4.69) is 28.7 Å². The van der Waals surface area contributed by atoms with Gasteiger partial charge in [-0.3, -0.25) is 9.36 Å². The van der Waals surface area contributed by atoms with E-state index < -0.39 is 12.2 Å². The zero-order valence-electron chi connectivity index (χ0n) is 17.2. The number of fused-ring (bicyclic) bond motifs is 1. The van der Waals surface area contributed by atoms with Crippen molar-refractivity contribution >= 4 is 40.1 Å². The van der Waals surface area contributed by atoms with E-state index in [4.69, 9.17) is 21.3 Å². The predicted molar refractivity (Wildman–Crippen MR) is 120 cm³/mol. The molecule has 9 heteroatoms. The van der Waals surface area contributed by atoms with Gasteiger partial charge in [0.05, 0.1) is 11.3 Å². The van der Waals surface area contributed by atoms with Crippen LogP contribution in [0.25, 0.3) is 21.9 Å². The second-order valence-corrected chi connectivity index (χ2v) is 8.77. The van der Waals surface area contributed by atoms with Gasteiger partial charge in [0.2, 0.25) is 5.82 Å². The molecular weight excluding hydrogens is 436 g/mol. The Morgan fingerprint density at radius 3 is 3.00 bits per heavy atom. The standard InChI is InChI=1S/C22H23ClN4O3S/c1-2-3-4-5-6-9-16-24-19(23)18-21(25-16)27(20(26-18)15-8-7-12-31-15)22-14(10-11-30-22)13-17(28)29/h7-8,12,14,22H,2-5,10-11,13H2,1H3,(H,28,29)/t14-,22-/m1/s1. The summed E-state index contributed by atoms with van der Waals surface area (Å²) in [7, 11) is 0. The maximum absolute atomic E-state index is 11.4. The first-order valence-corrected chi connectivity index (χ1v) is 11.7. The molecule has 31 heavy (non-hydrogen) atoms. The summed E-state index contributed by atoms with van der Waals surface area (Å²) in [5.74, 6) is 6.07. The van der Waals surface area contributed by atoms with Crippen LogP contribution in [0.15, 0.2) is 17.5 Å². The molecular formula is C22H23ClN4O3S. The van der Waals surface area contributed by atoms with Crippen molar-refractivity contribution in [3.05, 3.63) is 28.5 Å². The summed E-state index contributed by atoms with van der Waals surface area (Å²) in [5, 5.41) is 11.6. The molecule has 0 aliphatic carbocycles. The second kappa shape index (κ2) is 9.77. The number of nitrogens with zero attached hydrogens (tertiary/aromatic N) is 4. The third-order valence-corrected chi connectivity index (χ3v) is 6.35. The lowest BCUT2D eigenvalue weighted by Crippen LogP contribution is -2.19. The van der Waals surface area contributed by atoms with Gasteiger partial charge in [-0.25, -0.2) is 15.0 Å². The van der Waals surface area contributed by atoms with Crippen LogP contribution < -0.4 is 0 Å². The van der Waals surface area contributed by atoms with Crippen molar-refractivity contribution in [1.29, 1.82) is 0 Å². The number of carboxylic acid groups (broad SMARTS) is 1. The van der Waals surface area contributed by atoms with E-state index in [1.165, 1.54) is 11.3 Å². The molecule has 162 valence electrons. The summed E-state index contributed by atoms with van der Waals surface area (Å²) in [5.41, 5.74) is 0.981. The molecule has 1 saturated heterocycles. The Morgan fingerprint density at radius 1 is 1.39 bits per heavy atom. The summed E-state index contributed by atoms with van der Waals surface area (Å²) >= 11 is 8.01. The number of hydrogen-bond donors (Lipinski definition) is 1. The van der Waals surface area contributed by atoms with E-state index in [-0.39, 0.29) is 17.5 Å². The fourth-order valence-electron chi connectivity index (χ4n) is 3.75. The molecule has 7 nitrogen and oxygen atoms in total. The van der Waals surface area contributed by atoms with Crippen LogP contribution >= 0.6 is 22.9 Å². The van der Waals surface area contributed by atoms with Crippen LogP contribution in [0, 0.1) is 17.8 Å². The lowest BCUT2D eigenvalue weighted by atomic mass is 10.0. The Kier molecular flexibility index (Phi) is 6.86. The van der Waals surface area contributed by atoms with Crippen molar-refractivity contribution in [2.45, 2.75) is 51.7 Å². The molecule has 1 N–H and O–H groups in total. The molecule has 3 aromatic rings. The molecule has 2 atom stereocenters. The largest absolute Gasteiger partial charge is 0.481 e. The van der Waals surface area contributed by atoms with Crippen molar-refractivity contribution in [2.24, 2.45) is 5.92 Å². The van der Waals surface area contributed by atoms with Crippen molar-refractivity contribution in [3.8, 4) is 22.5 Å². The van der Waals surface area contributed by atoms with Crippen LogP contribution in [0.2, 0.25) is 5.15 Å². The predicted octanol–water partition coefficient (Wildman–Crippen LogP) is 5.15. The van der Waals surface area contributed by atoms with E-state index in [1.54, 1.807) is 0 Å². The molecule has 3 aromatic heterocycles. The lowest BCUT2D eigenvalue weighted by Gasteiger charge is -2.21. The molecule has 0 amide bonds. The van der Waals surface area contributed by atoms with Gasteiger partial charge in [0.25, 0.3) is 0 Å². The Morgan fingerprint density at radius 2 is 2.26 bits per heavy atom. The molecule has 0 unspecified atom stereocenters. The summed E-state index contributed by atoms with van der Waals surface area (Å²) < 4.78 is 7.86. The van der Waals surface area contributed by atoms with Gasteiger partial charge in [-0.1, -0.05) is 43.4 Å². The van der Waals surface area contributed by atoms with Crippen molar-refractivity contribution < 1.29 is 14.6 Å². The number of thiophene rings is 1. The number of carbonyl (C=O) groups is 1. The molecule has 0 radical (unpaired) electrons. The van der Waals surface area contributed by atoms with E-state index in [0.717, 1.165) is 30.6 Å². The molecule has 0 bridgehead atoms. The zero-order valence-corrected chi connectivity index (χ0v) is 18.7. The smallest absolute Gasteiger partial charge is 0.303 e. The number of unbranched alkanes of at least 4 members (excludes halogenated alkanes) is 3. The van der Waals surface area contributed by atoms with Crippen LogP contribution in [-0.2, 0) is 9.53 Å². The number of imidazole rings is 1. The second-order valence-electron chi connectivity index (χ2n) is 7.46. The number of aromatic nitrogens is 4. The maximum Gasteiger partial charge on any atom is 0.303 e. The molecule has 1 fully saturated rings. The Labute approximate surface area is 189 Å². The molecule has 0 spiro atoms. The minimum atomic E-state index is -0.853. The van der Waals surface area contributed by atoms with E-state index in [9.17, 15) is 9.90 Å². The maximum atomic E-state index is 11.4. The summed E-state index contributed by atoms with van der Waals surface area (Å²) in [6, 6.07) is 3.90. The highest BCUT2D eigenvalue weighted by molar-refractivity contribution is 7.13. The van der Waals surface area contributed by atoms with Gasteiger partial charge in [0.15, 0.2) is 16.6 Å². The van der Waals surface area contributed by atoms with E-state index >= 15 is 0 Å². The molecule has 0 saturated carbocycles. The normalized spacial score (nSPS) is 18.3. The highest BCUT2D eigenvalue weighted by atomic mass is 35.5. The number of rotatable bonds is 7. The van der Waals surface area contributed by atoms with Gasteiger partial charge in [0.1, 0.15) is 11.7 Å². The Hall–Kier alpha value is -2.47. The monoisotopic (exact) mass is 458 g/mol. The number of aliphatic carboxylic acids is 1. The number of ether oxygens (including phenoxy) is 1. The minimum absolute atomic E-state index is 0.0110. The van der Waals surface area contributed by atoms with Crippen LogP contribution in [0.5, 0.6) is 0 Å². The van der Waals surface area contributed by atoms with Crippen molar-refractivity contribution in [3.63, 3.8) is 0 Å². The van der Waals surface area contributed by atoms with Gasteiger partial charge in [-0.2, -0.15) is 0 Å². The number of carboxylic acids is 1. The van der Waals surface area contributed by atoms with Gasteiger partial charge in [-0.05, 0) is 30.2 Å². The minimum Gasteiger partial charge on any atom is -0.481 e. The first-order valence-electron chi connectivity index (χ1n) is 10.4. The number of hydrogen-bond acceptors (Lipinski definition) is 6. The fourth-order valence-corrected chi connectivity index (χ4v) is 4.67. The highest BCUT2D eigenvalue weighted by Crippen LogP contribution is 2.40. The Bertz CT molecular complexity index is 1130. The average molecular weight is 459 g/mol. The van der Waals surface area contributed by atoms with Crippen LogP contribution in [0.1, 0.15) is 57.5 Å². The average Bonchev–Trinajstić information content (AvgIpc) is 3.46. The van der Waals surface area contributed by atoms with E-state index in [0.29, 0.717) is 35.8 Å². The molecule has 4 heterocycles. The molecule has 1 aliphatic heterocycles. The van der Waals surface area contributed by atoms with E-state index in [1.807, 2.05) is 22.1 Å². The lowest BCUT2D eigenvalue weighted by molar-refractivity contribution is -0.139. The molecule has 0 aromatic carbocycles. The number of halogens is 1. The summed E-state index contributed by atoms with van der Waals surface area (Å²) in [4.78, 5) is 26.0. The fraction of sp³-hybridized carbons (Fsp3) is 0.455. The third-order valence-electron chi connectivity index (χ3n) is 5.22. The first kappa shape index (κ1) is 21.8. The van der Waals surface area contributed by atoms with Gasteiger partial charge in [-0.15, -0.1) is 11.3 Å². The first-order chi connectivity index (χ1) is 15.1. The van der Waals surface area contributed by atoms with Gasteiger partial charge >= 0.3 is 5.97 Å². The van der Waals surface area contributed by atoms with Crippen molar-refractivity contribution in [2.75, 3.05) is 6.61 Å². The zero-order chi connectivity index (χ0) is 21.8. The SMILES string of the molecule is CCCCCC#Cc1nc(Cl)c2nc(-c3cccs3)n([C@@H]3OCC[C@@H]3CC(=O)O)c2n1. The molecule has 1 aliphatic rings. The van der Waals surface area contributed by atoms with Crippen LogP contribution in [-0.4, -0.2) is 37.2 Å². The van der Waals surface area contributed by atoms with Crippen molar-refractivity contribution in [1.82, 2.24) is 19.5 Å². The van der Waals surface area contributed by atoms with Gasteiger partial charge < -0.3 is 9.84 Å². The molecule has 4 rings (SSSR count). The van der Waals surface area contributed by atoms with Crippen LogP contribution in [0.3, 0.4) is 0 Å². The van der Waals surface area contributed by atoms with Crippen LogP contribution in [0.4, 0.5) is 0 Å². The topological polar surface area (TPSA) is 90.1 Å². The third kappa shape index (κ3) is 4.74. The van der Waals surface area contributed by atoms with Gasteiger partial charge in [0, 0.05) is 18.9 Å². The Balaban J connectivity index is 1.81.